The van der Waals surface area contributed by atoms with Gasteiger partial charge >= 0.3 is 0 Å². The van der Waals surface area contributed by atoms with Crippen molar-refractivity contribution in [2.45, 2.75) is 32.3 Å². The first-order valence-electron chi connectivity index (χ1n) is 6.05. The molecule has 0 aliphatic rings. The van der Waals surface area contributed by atoms with E-state index in [-0.39, 0.29) is 0 Å². The Morgan fingerprint density at radius 2 is 1.82 bits per heavy atom. The summed E-state index contributed by atoms with van der Waals surface area (Å²) in [5.41, 5.74) is 0.0395. The van der Waals surface area contributed by atoms with Gasteiger partial charge in [0, 0.05) is 20.1 Å². The molecule has 0 amide bonds. The van der Waals surface area contributed by atoms with Crippen LogP contribution in [0.15, 0.2) is 24.3 Å². The third-order valence-electron chi connectivity index (χ3n) is 2.74. The average Bonchev–Trinajstić information content (AvgIpc) is 2.34. The van der Waals surface area contributed by atoms with Gasteiger partial charge < -0.3 is 14.6 Å². The lowest BCUT2D eigenvalue weighted by molar-refractivity contribution is 0.0210. The molecule has 1 aromatic carbocycles. The van der Waals surface area contributed by atoms with Crippen LogP contribution in [0.5, 0.6) is 5.75 Å². The SMILES string of the molecule is CCCOc1ccc(C(C)(O)CCOC)cc1. The Morgan fingerprint density at radius 3 is 2.35 bits per heavy atom. The summed E-state index contributed by atoms with van der Waals surface area (Å²) < 4.78 is 10.5. The molecular weight excluding hydrogens is 216 g/mol. The van der Waals surface area contributed by atoms with E-state index in [2.05, 4.69) is 6.92 Å². The summed E-state index contributed by atoms with van der Waals surface area (Å²) in [6, 6.07) is 7.60. The van der Waals surface area contributed by atoms with E-state index in [9.17, 15) is 5.11 Å². The Balaban J connectivity index is 2.65. The van der Waals surface area contributed by atoms with Gasteiger partial charge in [0.2, 0.25) is 0 Å². The van der Waals surface area contributed by atoms with E-state index in [1.807, 2.05) is 24.3 Å². The second kappa shape index (κ2) is 6.62. The highest BCUT2D eigenvalue weighted by molar-refractivity contribution is 5.30. The lowest BCUT2D eigenvalue weighted by Crippen LogP contribution is -2.22. The maximum Gasteiger partial charge on any atom is 0.119 e. The highest BCUT2D eigenvalue weighted by Crippen LogP contribution is 2.26. The van der Waals surface area contributed by atoms with Gasteiger partial charge in [-0.2, -0.15) is 0 Å². The van der Waals surface area contributed by atoms with Crippen LogP contribution in [-0.4, -0.2) is 25.4 Å². The van der Waals surface area contributed by atoms with E-state index >= 15 is 0 Å². The average molecular weight is 238 g/mol. The summed E-state index contributed by atoms with van der Waals surface area (Å²) in [6.07, 6.45) is 1.58. The van der Waals surface area contributed by atoms with Crippen molar-refractivity contribution in [2.24, 2.45) is 0 Å². The molecule has 3 heteroatoms. The first-order chi connectivity index (χ1) is 8.10. The Morgan fingerprint density at radius 1 is 1.18 bits per heavy atom. The molecule has 1 unspecified atom stereocenters. The quantitative estimate of drug-likeness (QED) is 0.793. The predicted octanol–water partition coefficient (Wildman–Crippen LogP) is 2.72. The van der Waals surface area contributed by atoms with Gasteiger partial charge in [-0.1, -0.05) is 19.1 Å². The molecule has 17 heavy (non-hydrogen) atoms. The molecule has 0 fully saturated rings. The highest BCUT2D eigenvalue weighted by atomic mass is 16.5. The van der Waals surface area contributed by atoms with Crippen LogP contribution in [0.2, 0.25) is 0 Å². The van der Waals surface area contributed by atoms with Crippen LogP contribution in [0.25, 0.3) is 0 Å². The number of benzene rings is 1. The molecule has 1 rings (SSSR count). The summed E-state index contributed by atoms with van der Waals surface area (Å²) in [4.78, 5) is 0. The van der Waals surface area contributed by atoms with Crippen molar-refractivity contribution < 1.29 is 14.6 Å². The molecule has 1 aromatic rings. The number of ether oxygens (including phenoxy) is 2. The second-order valence-corrected chi connectivity index (χ2v) is 4.39. The van der Waals surface area contributed by atoms with Crippen molar-refractivity contribution >= 4 is 0 Å². The second-order valence-electron chi connectivity index (χ2n) is 4.39. The first-order valence-corrected chi connectivity index (χ1v) is 6.05. The van der Waals surface area contributed by atoms with Crippen molar-refractivity contribution in [1.29, 1.82) is 0 Å². The largest absolute Gasteiger partial charge is 0.494 e. The van der Waals surface area contributed by atoms with Gasteiger partial charge in [-0.05, 0) is 31.0 Å². The van der Waals surface area contributed by atoms with Crippen molar-refractivity contribution in [3.05, 3.63) is 29.8 Å². The van der Waals surface area contributed by atoms with Gasteiger partial charge in [0.25, 0.3) is 0 Å². The fourth-order valence-corrected chi connectivity index (χ4v) is 1.58. The number of rotatable bonds is 7. The maximum absolute atomic E-state index is 10.3. The molecule has 0 heterocycles. The molecule has 96 valence electrons. The number of hydrogen-bond donors (Lipinski definition) is 1. The summed E-state index contributed by atoms with van der Waals surface area (Å²) in [6.45, 7) is 5.14. The van der Waals surface area contributed by atoms with Crippen molar-refractivity contribution in [1.82, 2.24) is 0 Å². The Labute approximate surface area is 103 Å². The monoisotopic (exact) mass is 238 g/mol. The van der Waals surface area contributed by atoms with E-state index in [1.54, 1.807) is 14.0 Å². The number of methoxy groups -OCH3 is 1. The van der Waals surface area contributed by atoms with E-state index in [0.29, 0.717) is 13.0 Å². The van der Waals surface area contributed by atoms with Gasteiger partial charge in [-0.3, -0.25) is 0 Å². The zero-order valence-electron chi connectivity index (χ0n) is 10.9. The fourth-order valence-electron chi connectivity index (χ4n) is 1.58. The summed E-state index contributed by atoms with van der Waals surface area (Å²) in [5, 5.41) is 10.3. The minimum Gasteiger partial charge on any atom is -0.494 e. The smallest absolute Gasteiger partial charge is 0.119 e. The standard InChI is InChI=1S/C14H22O3/c1-4-10-17-13-7-5-12(6-8-13)14(2,15)9-11-16-3/h5-8,15H,4,9-11H2,1-3H3. The number of aliphatic hydroxyl groups is 1. The lowest BCUT2D eigenvalue weighted by atomic mass is 9.93. The first kappa shape index (κ1) is 14.0. The van der Waals surface area contributed by atoms with Crippen LogP contribution in [0.1, 0.15) is 32.3 Å². The minimum atomic E-state index is -0.848. The molecule has 1 atom stereocenters. The third-order valence-corrected chi connectivity index (χ3v) is 2.74. The zero-order valence-corrected chi connectivity index (χ0v) is 10.9. The molecule has 0 spiro atoms. The normalized spacial score (nSPS) is 14.4. The molecule has 0 aliphatic carbocycles. The molecule has 0 aliphatic heterocycles. The van der Waals surface area contributed by atoms with Crippen LogP contribution in [0.3, 0.4) is 0 Å². The number of hydrogen-bond acceptors (Lipinski definition) is 3. The summed E-state index contributed by atoms with van der Waals surface area (Å²) in [5.74, 6) is 0.846. The van der Waals surface area contributed by atoms with Crippen molar-refractivity contribution in [3.8, 4) is 5.75 Å². The predicted molar refractivity (Wildman–Crippen MR) is 68.3 cm³/mol. The zero-order chi connectivity index (χ0) is 12.7. The molecule has 1 N–H and O–H groups in total. The van der Waals surface area contributed by atoms with Gasteiger partial charge in [-0.15, -0.1) is 0 Å². The molecular formula is C14H22O3. The third kappa shape index (κ3) is 4.36. The van der Waals surface area contributed by atoms with Crippen LogP contribution in [0.4, 0.5) is 0 Å². The van der Waals surface area contributed by atoms with Crippen LogP contribution >= 0.6 is 0 Å². The van der Waals surface area contributed by atoms with Crippen molar-refractivity contribution in [2.75, 3.05) is 20.3 Å². The Hall–Kier alpha value is -1.06. The molecule has 3 nitrogen and oxygen atoms in total. The Bertz CT molecular complexity index is 317. The van der Waals surface area contributed by atoms with Crippen LogP contribution < -0.4 is 4.74 Å². The summed E-state index contributed by atoms with van der Waals surface area (Å²) in [7, 11) is 1.64. The van der Waals surface area contributed by atoms with E-state index < -0.39 is 5.60 Å². The van der Waals surface area contributed by atoms with Gasteiger partial charge in [0.15, 0.2) is 0 Å². The molecule has 0 aromatic heterocycles. The Kier molecular flexibility index (Phi) is 5.45. The van der Waals surface area contributed by atoms with Crippen LogP contribution in [0, 0.1) is 0 Å². The molecule has 0 saturated heterocycles. The van der Waals surface area contributed by atoms with Gasteiger partial charge in [0.05, 0.1) is 12.2 Å². The van der Waals surface area contributed by atoms with Crippen molar-refractivity contribution in [3.63, 3.8) is 0 Å². The topological polar surface area (TPSA) is 38.7 Å². The molecule has 0 radical (unpaired) electrons. The molecule has 0 saturated carbocycles. The lowest BCUT2D eigenvalue weighted by Gasteiger charge is -2.23. The highest BCUT2D eigenvalue weighted by Gasteiger charge is 2.22. The minimum absolute atomic E-state index is 0.543. The van der Waals surface area contributed by atoms with Gasteiger partial charge in [-0.25, -0.2) is 0 Å². The van der Waals surface area contributed by atoms with E-state index in [0.717, 1.165) is 24.3 Å². The van der Waals surface area contributed by atoms with E-state index in [4.69, 9.17) is 9.47 Å². The summed E-state index contributed by atoms with van der Waals surface area (Å²) >= 11 is 0. The van der Waals surface area contributed by atoms with E-state index in [1.165, 1.54) is 0 Å². The fraction of sp³-hybridized carbons (Fsp3) is 0.571. The van der Waals surface area contributed by atoms with Gasteiger partial charge in [0.1, 0.15) is 5.75 Å². The molecule has 0 bridgehead atoms. The van der Waals surface area contributed by atoms with Crippen LogP contribution in [-0.2, 0) is 10.3 Å². The maximum atomic E-state index is 10.3.